The largest absolute Gasteiger partial charge is 0.334 e. The molecule has 0 spiro atoms. The molecular formula is C10H8BrClN2O. The van der Waals surface area contributed by atoms with Gasteiger partial charge in [-0.1, -0.05) is 21.1 Å². The van der Waals surface area contributed by atoms with Crippen LogP contribution in [0.4, 0.5) is 0 Å². The van der Waals surface area contributed by atoms with E-state index in [1.54, 1.807) is 0 Å². The quantitative estimate of drug-likeness (QED) is 0.793. The minimum absolute atomic E-state index is 0.263. The molecule has 2 rings (SSSR count). The molecule has 2 aromatic rings. The average Bonchev–Trinajstić information content (AvgIpc) is 2.66. The Labute approximate surface area is 101 Å². The summed E-state index contributed by atoms with van der Waals surface area (Å²) in [6.07, 6.45) is 0. The first kappa shape index (κ1) is 10.6. The zero-order valence-electron chi connectivity index (χ0n) is 8.00. The molecule has 0 atom stereocenters. The lowest BCUT2D eigenvalue weighted by Gasteiger charge is -2.00. The highest BCUT2D eigenvalue weighted by Gasteiger charge is 2.10. The van der Waals surface area contributed by atoms with Crippen LogP contribution in [0.15, 0.2) is 27.2 Å². The summed E-state index contributed by atoms with van der Waals surface area (Å²) in [6.45, 7) is 1.99. The van der Waals surface area contributed by atoms with Crippen LogP contribution in [0.2, 0.25) is 0 Å². The minimum atomic E-state index is 0.263. The molecule has 0 aliphatic carbocycles. The van der Waals surface area contributed by atoms with Crippen molar-refractivity contribution in [2.45, 2.75) is 12.8 Å². The molecule has 0 aliphatic heterocycles. The smallest absolute Gasteiger partial charge is 0.258 e. The first-order chi connectivity index (χ1) is 7.20. The van der Waals surface area contributed by atoms with E-state index in [2.05, 4.69) is 26.1 Å². The molecule has 5 heteroatoms. The first-order valence-corrected chi connectivity index (χ1v) is 5.68. The fourth-order valence-corrected chi connectivity index (χ4v) is 1.87. The van der Waals surface area contributed by atoms with E-state index >= 15 is 0 Å². The molecule has 1 aromatic heterocycles. The highest BCUT2D eigenvalue weighted by atomic mass is 79.9. The minimum Gasteiger partial charge on any atom is -0.334 e. The van der Waals surface area contributed by atoms with Gasteiger partial charge in [0.2, 0.25) is 0 Å². The lowest BCUT2D eigenvalue weighted by atomic mass is 10.1. The number of alkyl halides is 1. The Morgan fingerprint density at radius 2 is 2.27 bits per heavy atom. The summed E-state index contributed by atoms with van der Waals surface area (Å²) in [4.78, 5) is 4.16. The van der Waals surface area contributed by atoms with E-state index in [0.29, 0.717) is 11.7 Å². The summed E-state index contributed by atoms with van der Waals surface area (Å²) < 4.78 is 6.13. The zero-order chi connectivity index (χ0) is 10.8. The highest BCUT2D eigenvalue weighted by molar-refractivity contribution is 9.10. The van der Waals surface area contributed by atoms with Crippen LogP contribution >= 0.6 is 27.5 Å². The number of aryl methyl sites for hydroxylation is 1. The summed E-state index contributed by atoms with van der Waals surface area (Å²) in [5, 5.41) is 3.74. The third-order valence-electron chi connectivity index (χ3n) is 2.01. The maximum atomic E-state index is 5.60. The molecule has 0 saturated carbocycles. The van der Waals surface area contributed by atoms with E-state index in [9.17, 15) is 0 Å². The van der Waals surface area contributed by atoms with Gasteiger partial charge < -0.3 is 4.52 Å². The molecule has 0 amide bonds. The SMILES string of the molecule is Cc1cc(Br)ccc1-c1nc(CCl)no1. The molecule has 3 nitrogen and oxygen atoms in total. The number of hydrogen-bond donors (Lipinski definition) is 0. The van der Waals surface area contributed by atoms with Crippen molar-refractivity contribution in [3.8, 4) is 11.5 Å². The molecule has 0 unspecified atom stereocenters. The predicted octanol–water partition coefficient (Wildman–Crippen LogP) is 3.55. The van der Waals surface area contributed by atoms with Gasteiger partial charge in [-0.05, 0) is 30.7 Å². The highest BCUT2D eigenvalue weighted by Crippen LogP contribution is 2.24. The Morgan fingerprint density at radius 3 is 2.87 bits per heavy atom. The maximum absolute atomic E-state index is 5.60. The topological polar surface area (TPSA) is 38.9 Å². The summed E-state index contributed by atoms with van der Waals surface area (Å²) in [7, 11) is 0. The Morgan fingerprint density at radius 1 is 1.47 bits per heavy atom. The van der Waals surface area contributed by atoms with Crippen LogP contribution in [-0.4, -0.2) is 10.1 Å². The van der Waals surface area contributed by atoms with Crippen LogP contribution in [0, 0.1) is 6.92 Å². The molecular weight excluding hydrogens is 279 g/mol. The standard InChI is InChI=1S/C10H8BrClN2O/c1-6-4-7(11)2-3-8(6)10-13-9(5-12)14-15-10/h2-4H,5H2,1H3. The second-order valence-electron chi connectivity index (χ2n) is 3.11. The maximum Gasteiger partial charge on any atom is 0.258 e. The monoisotopic (exact) mass is 286 g/mol. The van der Waals surface area contributed by atoms with E-state index in [1.807, 2.05) is 25.1 Å². The molecule has 0 radical (unpaired) electrons. The van der Waals surface area contributed by atoms with Crippen molar-refractivity contribution in [3.05, 3.63) is 34.1 Å². The number of hydrogen-bond acceptors (Lipinski definition) is 3. The van der Waals surface area contributed by atoms with Gasteiger partial charge in [0.25, 0.3) is 5.89 Å². The van der Waals surface area contributed by atoms with Gasteiger partial charge in [-0.25, -0.2) is 0 Å². The molecule has 78 valence electrons. The Balaban J connectivity index is 2.44. The van der Waals surface area contributed by atoms with E-state index < -0.39 is 0 Å². The number of aromatic nitrogens is 2. The Bertz CT molecular complexity index is 484. The van der Waals surface area contributed by atoms with Crippen molar-refractivity contribution in [1.29, 1.82) is 0 Å². The van der Waals surface area contributed by atoms with Crippen molar-refractivity contribution in [3.63, 3.8) is 0 Å². The number of halogens is 2. The van der Waals surface area contributed by atoms with Crippen LogP contribution in [0.3, 0.4) is 0 Å². The van der Waals surface area contributed by atoms with Crippen LogP contribution < -0.4 is 0 Å². The second-order valence-corrected chi connectivity index (χ2v) is 4.29. The summed E-state index contributed by atoms with van der Waals surface area (Å²) in [6, 6.07) is 5.87. The number of nitrogens with zero attached hydrogens (tertiary/aromatic N) is 2. The average molecular weight is 288 g/mol. The molecule has 0 saturated heterocycles. The van der Waals surface area contributed by atoms with Crippen LogP contribution in [-0.2, 0) is 5.88 Å². The Kier molecular flexibility index (Phi) is 3.07. The Hall–Kier alpha value is -0.870. The van der Waals surface area contributed by atoms with Gasteiger partial charge in [0, 0.05) is 10.0 Å². The van der Waals surface area contributed by atoms with Gasteiger partial charge in [-0.2, -0.15) is 4.98 Å². The first-order valence-electron chi connectivity index (χ1n) is 4.36. The van der Waals surface area contributed by atoms with E-state index in [4.69, 9.17) is 16.1 Å². The second kappa shape index (κ2) is 4.33. The van der Waals surface area contributed by atoms with Gasteiger partial charge in [-0.3, -0.25) is 0 Å². The fraction of sp³-hybridized carbons (Fsp3) is 0.200. The number of rotatable bonds is 2. The van der Waals surface area contributed by atoms with E-state index in [-0.39, 0.29) is 5.88 Å². The number of benzene rings is 1. The third kappa shape index (κ3) is 2.21. The van der Waals surface area contributed by atoms with Crippen molar-refractivity contribution < 1.29 is 4.52 Å². The lowest BCUT2D eigenvalue weighted by molar-refractivity contribution is 0.425. The van der Waals surface area contributed by atoms with Gasteiger partial charge in [0.1, 0.15) is 0 Å². The van der Waals surface area contributed by atoms with Gasteiger partial charge >= 0.3 is 0 Å². The van der Waals surface area contributed by atoms with E-state index in [0.717, 1.165) is 15.6 Å². The normalized spacial score (nSPS) is 10.6. The third-order valence-corrected chi connectivity index (χ3v) is 2.74. The molecule has 0 fully saturated rings. The molecule has 0 bridgehead atoms. The van der Waals surface area contributed by atoms with Crippen LogP contribution in [0.1, 0.15) is 11.4 Å². The lowest BCUT2D eigenvalue weighted by Crippen LogP contribution is -1.84. The van der Waals surface area contributed by atoms with Crippen LogP contribution in [0.5, 0.6) is 0 Å². The molecule has 0 N–H and O–H groups in total. The molecule has 15 heavy (non-hydrogen) atoms. The van der Waals surface area contributed by atoms with Crippen molar-refractivity contribution in [2.75, 3.05) is 0 Å². The molecule has 1 aromatic carbocycles. The zero-order valence-corrected chi connectivity index (χ0v) is 10.3. The fourth-order valence-electron chi connectivity index (χ4n) is 1.28. The summed E-state index contributed by atoms with van der Waals surface area (Å²) in [5.41, 5.74) is 2.01. The van der Waals surface area contributed by atoms with Gasteiger partial charge in [-0.15, -0.1) is 11.6 Å². The van der Waals surface area contributed by atoms with Crippen LogP contribution in [0.25, 0.3) is 11.5 Å². The van der Waals surface area contributed by atoms with Gasteiger partial charge in [0.15, 0.2) is 5.82 Å². The molecule has 0 aliphatic rings. The summed E-state index contributed by atoms with van der Waals surface area (Å²) in [5.74, 6) is 1.28. The molecule has 1 heterocycles. The van der Waals surface area contributed by atoms with E-state index in [1.165, 1.54) is 0 Å². The predicted molar refractivity (Wildman–Crippen MR) is 61.7 cm³/mol. The van der Waals surface area contributed by atoms with Gasteiger partial charge in [0.05, 0.1) is 5.88 Å². The van der Waals surface area contributed by atoms with Crippen molar-refractivity contribution in [2.24, 2.45) is 0 Å². The summed E-state index contributed by atoms with van der Waals surface area (Å²) >= 11 is 9.00. The van der Waals surface area contributed by atoms with Crippen molar-refractivity contribution in [1.82, 2.24) is 10.1 Å². The van der Waals surface area contributed by atoms with Crippen molar-refractivity contribution >= 4 is 27.5 Å².